The van der Waals surface area contributed by atoms with Crippen molar-refractivity contribution in [2.45, 2.75) is 32.7 Å². The van der Waals surface area contributed by atoms with E-state index in [1.54, 1.807) is 16.0 Å². The van der Waals surface area contributed by atoms with Crippen LogP contribution in [0, 0.1) is 0 Å². The van der Waals surface area contributed by atoms with Gasteiger partial charge in [-0.15, -0.1) is 11.3 Å². The first-order chi connectivity index (χ1) is 7.95. The fraction of sp³-hybridized carbons (Fsp3) is 0.500. The van der Waals surface area contributed by atoms with Gasteiger partial charge in [0, 0.05) is 30.1 Å². The minimum atomic E-state index is 0.133. The van der Waals surface area contributed by atoms with E-state index in [-0.39, 0.29) is 5.41 Å². The van der Waals surface area contributed by atoms with Gasteiger partial charge in [-0.2, -0.15) is 5.10 Å². The summed E-state index contributed by atoms with van der Waals surface area (Å²) in [5, 5.41) is 10.8. The van der Waals surface area contributed by atoms with Crippen molar-refractivity contribution in [3.63, 3.8) is 0 Å². The molecule has 2 aromatic rings. The molecule has 0 unspecified atom stereocenters. The Balaban J connectivity index is 1.98. The molecule has 1 N–H and O–H groups in total. The first-order valence-corrected chi connectivity index (χ1v) is 6.51. The van der Waals surface area contributed by atoms with Gasteiger partial charge in [0.2, 0.25) is 0 Å². The monoisotopic (exact) mass is 250 g/mol. The van der Waals surface area contributed by atoms with Crippen LogP contribution in [0.5, 0.6) is 0 Å². The average Bonchev–Trinajstić information content (AvgIpc) is 2.82. The smallest absolute Gasteiger partial charge is 0.148 e. The molecule has 0 saturated carbocycles. The lowest BCUT2D eigenvalue weighted by atomic mass is 9.98. The third-order valence-electron chi connectivity index (χ3n) is 2.36. The third kappa shape index (κ3) is 3.06. The second-order valence-corrected chi connectivity index (χ2v) is 5.98. The Labute approximate surface area is 106 Å². The molecule has 92 valence electrons. The Morgan fingerprint density at radius 3 is 2.71 bits per heavy atom. The topological polar surface area (TPSA) is 42.7 Å². The number of hydrogen-bond acceptors (Lipinski definition) is 4. The highest BCUT2D eigenvalue weighted by molar-refractivity contribution is 7.09. The fourth-order valence-electron chi connectivity index (χ4n) is 1.42. The lowest BCUT2D eigenvalue weighted by molar-refractivity contribution is 0.583. The van der Waals surface area contributed by atoms with Gasteiger partial charge in [-0.25, -0.2) is 4.98 Å². The highest BCUT2D eigenvalue weighted by Crippen LogP contribution is 2.25. The van der Waals surface area contributed by atoms with Gasteiger partial charge in [-0.05, 0) is 0 Å². The summed E-state index contributed by atoms with van der Waals surface area (Å²) in [6, 6.07) is 1.96. The van der Waals surface area contributed by atoms with Crippen LogP contribution in [0.4, 0.5) is 5.82 Å². The van der Waals surface area contributed by atoms with Gasteiger partial charge >= 0.3 is 0 Å². The van der Waals surface area contributed by atoms with Gasteiger partial charge in [0.25, 0.3) is 0 Å². The molecule has 0 atom stereocenters. The molecule has 2 aromatic heterocycles. The van der Waals surface area contributed by atoms with Gasteiger partial charge < -0.3 is 5.32 Å². The maximum Gasteiger partial charge on any atom is 0.148 e. The van der Waals surface area contributed by atoms with E-state index >= 15 is 0 Å². The molecule has 2 rings (SSSR count). The summed E-state index contributed by atoms with van der Waals surface area (Å²) >= 11 is 1.72. The number of thiazole rings is 1. The number of nitrogens with one attached hydrogen (secondary N) is 1. The van der Waals surface area contributed by atoms with Crippen LogP contribution in [0.25, 0.3) is 0 Å². The Bertz CT molecular complexity index is 493. The summed E-state index contributed by atoms with van der Waals surface area (Å²) in [7, 11) is 1.91. The van der Waals surface area contributed by atoms with Gasteiger partial charge in [0.05, 0.1) is 17.2 Å². The lowest BCUT2D eigenvalue weighted by Crippen LogP contribution is -2.11. The molecule has 0 aliphatic carbocycles. The average molecular weight is 250 g/mol. The van der Waals surface area contributed by atoms with E-state index < -0.39 is 0 Å². The quantitative estimate of drug-likeness (QED) is 0.911. The predicted molar refractivity (Wildman–Crippen MR) is 71.3 cm³/mol. The number of rotatable bonds is 3. The minimum Gasteiger partial charge on any atom is -0.363 e. The van der Waals surface area contributed by atoms with Crippen LogP contribution >= 0.6 is 11.3 Å². The van der Waals surface area contributed by atoms with Gasteiger partial charge in [0.1, 0.15) is 5.82 Å². The summed E-state index contributed by atoms with van der Waals surface area (Å²) in [4.78, 5) is 4.62. The molecule has 0 amide bonds. The molecule has 0 aromatic carbocycles. The molecule has 2 heterocycles. The highest BCUT2D eigenvalue weighted by Gasteiger charge is 2.17. The SMILES string of the molecule is Cn1ccc(NCc2csc(C(C)(C)C)n2)n1. The Hall–Kier alpha value is -1.36. The number of anilines is 1. The molecule has 0 saturated heterocycles. The third-order valence-corrected chi connectivity index (χ3v) is 3.67. The van der Waals surface area contributed by atoms with Crippen LogP contribution in [-0.4, -0.2) is 14.8 Å². The van der Waals surface area contributed by atoms with E-state index in [1.807, 2.05) is 19.3 Å². The maximum atomic E-state index is 4.62. The molecule has 4 nitrogen and oxygen atoms in total. The molecule has 0 radical (unpaired) electrons. The van der Waals surface area contributed by atoms with Crippen LogP contribution < -0.4 is 5.32 Å². The van der Waals surface area contributed by atoms with Gasteiger partial charge in [-0.1, -0.05) is 20.8 Å². The molecular formula is C12H18N4S. The van der Waals surface area contributed by atoms with Crippen LogP contribution in [0.2, 0.25) is 0 Å². The van der Waals surface area contributed by atoms with Crippen molar-refractivity contribution in [3.05, 3.63) is 28.3 Å². The largest absolute Gasteiger partial charge is 0.363 e. The fourth-order valence-corrected chi connectivity index (χ4v) is 2.33. The zero-order chi connectivity index (χ0) is 12.5. The minimum absolute atomic E-state index is 0.133. The molecule has 0 aliphatic heterocycles. The normalized spacial score (nSPS) is 11.8. The van der Waals surface area contributed by atoms with E-state index in [0.29, 0.717) is 0 Å². The zero-order valence-electron chi connectivity index (χ0n) is 10.7. The van der Waals surface area contributed by atoms with E-state index in [4.69, 9.17) is 0 Å². The number of nitrogens with zero attached hydrogens (tertiary/aromatic N) is 3. The first-order valence-electron chi connectivity index (χ1n) is 5.63. The van der Waals surface area contributed by atoms with Crippen molar-refractivity contribution < 1.29 is 0 Å². The summed E-state index contributed by atoms with van der Waals surface area (Å²) in [5.41, 5.74) is 1.21. The Kier molecular flexibility index (Phi) is 3.19. The van der Waals surface area contributed by atoms with Crippen molar-refractivity contribution in [1.29, 1.82) is 0 Å². The van der Waals surface area contributed by atoms with E-state index in [2.05, 4.69) is 41.6 Å². The molecule has 5 heteroatoms. The first kappa shape index (κ1) is 12.1. The maximum absolute atomic E-state index is 4.62. The predicted octanol–water partition coefficient (Wildman–Crippen LogP) is 2.79. The molecule has 0 aliphatic rings. The van der Waals surface area contributed by atoms with Gasteiger partial charge in [-0.3, -0.25) is 4.68 Å². The number of aromatic nitrogens is 3. The Morgan fingerprint density at radius 2 is 2.18 bits per heavy atom. The van der Waals surface area contributed by atoms with Crippen molar-refractivity contribution in [3.8, 4) is 0 Å². The molecule has 17 heavy (non-hydrogen) atoms. The summed E-state index contributed by atoms with van der Waals surface area (Å²) < 4.78 is 1.78. The Morgan fingerprint density at radius 1 is 1.41 bits per heavy atom. The van der Waals surface area contributed by atoms with Crippen molar-refractivity contribution >= 4 is 17.2 Å². The van der Waals surface area contributed by atoms with E-state index in [1.165, 1.54) is 5.01 Å². The summed E-state index contributed by atoms with van der Waals surface area (Å²) in [5.74, 6) is 0.887. The van der Waals surface area contributed by atoms with E-state index in [0.717, 1.165) is 18.1 Å². The van der Waals surface area contributed by atoms with Crippen molar-refractivity contribution in [2.24, 2.45) is 7.05 Å². The van der Waals surface area contributed by atoms with E-state index in [9.17, 15) is 0 Å². The highest BCUT2D eigenvalue weighted by atomic mass is 32.1. The van der Waals surface area contributed by atoms with Crippen molar-refractivity contribution in [2.75, 3.05) is 5.32 Å². The zero-order valence-corrected chi connectivity index (χ0v) is 11.5. The van der Waals surface area contributed by atoms with Crippen LogP contribution in [-0.2, 0) is 19.0 Å². The molecule has 0 spiro atoms. The lowest BCUT2D eigenvalue weighted by Gasteiger charge is -2.13. The molecular weight excluding hydrogens is 232 g/mol. The summed E-state index contributed by atoms with van der Waals surface area (Å²) in [6.45, 7) is 7.27. The molecule has 0 bridgehead atoms. The second kappa shape index (κ2) is 4.49. The molecule has 0 fully saturated rings. The number of aryl methyl sites for hydroxylation is 1. The standard InChI is InChI=1S/C12H18N4S/c1-12(2,3)11-14-9(8-17-11)7-13-10-5-6-16(4)15-10/h5-6,8H,7H2,1-4H3,(H,13,15). The van der Waals surface area contributed by atoms with Crippen LogP contribution in [0.3, 0.4) is 0 Å². The second-order valence-electron chi connectivity index (χ2n) is 5.12. The van der Waals surface area contributed by atoms with Gasteiger partial charge in [0.15, 0.2) is 0 Å². The van der Waals surface area contributed by atoms with Crippen molar-refractivity contribution in [1.82, 2.24) is 14.8 Å². The summed E-state index contributed by atoms with van der Waals surface area (Å²) in [6.07, 6.45) is 1.92. The number of hydrogen-bond donors (Lipinski definition) is 1. The van der Waals surface area contributed by atoms with Crippen LogP contribution in [0.1, 0.15) is 31.5 Å². The van der Waals surface area contributed by atoms with Crippen LogP contribution in [0.15, 0.2) is 17.6 Å².